The van der Waals surface area contributed by atoms with Crippen LogP contribution >= 0.6 is 0 Å². The molecule has 0 fully saturated rings. The first-order valence-electron chi connectivity index (χ1n) is 7.28. The van der Waals surface area contributed by atoms with Crippen LogP contribution in [0, 0.1) is 6.92 Å². The average molecular weight is 299 g/mol. The highest BCUT2D eigenvalue weighted by molar-refractivity contribution is 5.77. The molecule has 2 aromatic rings. The Morgan fingerprint density at radius 3 is 2.73 bits per heavy atom. The third-order valence-corrected chi connectivity index (χ3v) is 3.45. The molecule has 0 aliphatic carbocycles. The Balaban J connectivity index is 1.83. The van der Waals surface area contributed by atoms with Crippen LogP contribution < -0.4 is 10.1 Å². The number of aliphatic hydroxyl groups is 1. The Morgan fingerprint density at radius 2 is 2.00 bits per heavy atom. The molecule has 0 aliphatic rings. The van der Waals surface area contributed by atoms with E-state index in [9.17, 15) is 9.90 Å². The fourth-order valence-corrected chi connectivity index (χ4v) is 2.07. The normalized spacial score (nSPS) is 11.8. The zero-order valence-corrected chi connectivity index (χ0v) is 12.9. The Bertz CT molecular complexity index is 638. The van der Waals surface area contributed by atoms with Gasteiger partial charge in [0.2, 0.25) is 0 Å². The molecule has 0 saturated carbocycles. The molecule has 22 heavy (non-hydrogen) atoms. The lowest BCUT2D eigenvalue weighted by Gasteiger charge is -2.10. The Kier molecular flexibility index (Phi) is 5.55. The van der Waals surface area contributed by atoms with Gasteiger partial charge in [-0.15, -0.1) is 0 Å². The first-order chi connectivity index (χ1) is 10.6. The Hall–Kier alpha value is -2.33. The molecule has 1 unspecified atom stereocenters. The molecular weight excluding hydrogens is 278 g/mol. The molecule has 2 rings (SSSR count). The molecule has 0 aliphatic heterocycles. The molecule has 2 N–H and O–H groups in total. The van der Waals surface area contributed by atoms with Crippen molar-refractivity contribution in [1.82, 2.24) is 5.32 Å². The van der Waals surface area contributed by atoms with Crippen molar-refractivity contribution in [2.24, 2.45) is 0 Å². The molecule has 0 radical (unpaired) electrons. The number of benzene rings is 2. The topological polar surface area (TPSA) is 58.6 Å². The maximum absolute atomic E-state index is 11.8. The summed E-state index contributed by atoms with van der Waals surface area (Å²) in [5.41, 5.74) is 3.00. The number of aliphatic hydroxyl groups excluding tert-OH is 1. The van der Waals surface area contributed by atoms with Crippen molar-refractivity contribution in [3.05, 3.63) is 65.2 Å². The van der Waals surface area contributed by atoms with Crippen molar-refractivity contribution in [1.29, 1.82) is 0 Å². The lowest BCUT2D eigenvalue weighted by atomic mass is 10.1. The lowest BCUT2D eigenvalue weighted by molar-refractivity contribution is -0.123. The average Bonchev–Trinajstić information content (AvgIpc) is 2.52. The van der Waals surface area contributed by atoms with Crippen molar-refractivity contribution in [2.75, 3.05) is 6.61 Å². The van der Waals surface area contributed by atoms with Gasteiger partial charge in [-0.05, 0) is 42.7 Å². The monoisotopic (exact) mass is 299 g/mol. The minimum atomic E-state index is -0.557. The van der Waals surface area contributed by atoms with Gasteiger partial charge in [0.15, 0.2) is 6.61 Å². The van der Waals surface area contributed by atoms with Crippen LogP contribution in [0.2, 0.25) is 0 Å². The van der Waals surface area contributed by atoms with Crippen LogP contribution in [-0.2, 0) is 11.3 Å². The number of carbonyl (C=O) groups excluding carboxylic acids is 1. The third kappa shape index (κ3) is 4.60. The van der Waals surface area contributed by atoms with Gasteiger partial charge in [0.05, 0.1) is 6.10 Å². The zero-order chi connectivity index (χ0) is 15.9. The minimum Gasteiger partial charge on any atom is -0.484 e. The van der Waals surface area contributed by atoms with Gasteiger partial charge in [-0.25, -0.2) is 0 Å². The summed E-state index contributed by atoms with van der Waals surface area (Å²) in [5.74, 6) is 0.398. The molecule has 0 bridgehead atoms. The number of hydrogen-bond donors (Lipinski definition) is 2. The number of amides is 1. The summed E-state index contributed by atoms with van der Waals surface area (Å²) in [6.45, 7) is 4.14. The highest BCUT2D eigenvalue weighted by atomic mass is 16.5. The van der Waals surface area contributed by atoms with E-state index >= 15 is 0 Å². The van der Waals surface area contributed by atoms with E-state index in [0.717, 1.165) is 16.7 Å². The standard InChI is InChI=1S/C18H21NO3/c1-13-6-3-4-7-16(13)11-19-18(21)12-22-17-9-5-8-15(10-17)14(2)20/h3-10,14,20H,11-12H2,1-2H3,(H,19,21). The summed E-state index contributed by atoms with van der Waals surface area (Å²) in [6.07, 6.45) is -0.557. The number of nitrogens with one attached hydrogen (secondary N) is 1. The van der Waals surface area contributed by atoms with Crippen molar-refractivity contribution in [3.63, 3.8) is 0 Å². The molecule has 1 amide bonds. The lowest BCUT2D eigenvalue weighted by Crippen LogP contribution is -2.28. The molecule has 0 spiro atoms. The second kappa shape index (κ2) is 7.61. The molecule has 4 heteroatoms. The predicted octanol–water partition coefficient (Wildman–Crippen LogP) is 2.74. The Morgan fingerprint density at radius 1 is 1.23 bits per heavy atom. The van der Waals surface area contributed by atoms with Gasteiger partial charge in [0.1, 0.15) is 5.75 Å². The van der Waals surface area contributed by atoms with E-state index in [0.29, 0.717) is 12.3 Å². The summed E-state index contributed by atoms with van der Waals surface area (Å²) < 4.78 is 5.45. The summed E-state index contributed by atoms with van der Waals surface area (Å²) >= 11 is 0. The molecule has 0 saturated heterocycles. The van der Waals surface area contributed by atoms with E-state index in [4.69, 9.17) is 4.74 Å². The van der Waals surface area contributed by atoms with Crippen molar-refractivity contribution in [2.45, 2.75) is 26.5 Å². The second-order valence-corrected chi connectivity index (χ2v) is 5.24. The fourth-order valence-electron chi connectivity index (χ4n) is 2.07. The van der Waals surface area contributed by atoms with E-state index in [1.54, 1.807) is 25.1 Å². The quantitative estimate of drug-likeness (QED) is 0.862. The minimum absolute atomic E-state index is 0.0465. The number of carbonyl (C=O) groups is 1. The summed E-state index contributed by atoms with van der Waals surface area (Å²) in [6, 6.07) is 15.0. The van der Waals surface area contributed by atoms with Crippen LogP contribution in [0.15, 0.2) is 48.5 Å². The molecule has 116 valence electrons. The summed E-state index contributed by atoms with van der Waals surface area (Å²) in [5, 5.41) is 12.4. The van der Waals surface area contributed by atoms with Crippen molar-refractivity contribution < 1.29 is 14.6 Å². The smallest absolute Gasteiger partial charge is 0.258 e. The van der Waals surface area contributed by atoms with E-state index in [1.165, 1.54) is 0 Å². The first kappa shape index (κ1) is 16.0. The fraction of sp³-hybridized carbons (Fsp3) is 0.278. The number of ether oxygens (including phenoxy) is 1. The van der Waals surface area contributed by atoms with Crippen LogP contribution in [0.5, 0.6) is 5.75 Å². The van der Waals surface area contributed by atoms with Gasteiger partial charge in [-0.2, -0.15) is 0 Å². The molecule has 4 nitrogen and oxygen atoms in total. The number of aryl methyl sites for hydroxylation is 1. The Labute approximate surface area is 130 Å². The van der Waals surface area contributed by atoms with Crippen molar-refractivity contribution in [3.8, 4) is 5.75 Å². The maximum Gasteiger partial charge on any atom is 0.258 e. The number of hydrogen-bond acceptors (Lipinski definition) is 3. The van der Waals surface area contributed by atoms with Crippen LogP contribution in [0.3, 0.4) is 0 Å². The van der Waals surface area contributed by atoms with Gasteiger partial charge >= 0.3 is 0 Å². The molecule has 1 atom stereocenters. The van der Waals surface area contributed by atoms with E-state index < -0.39 is 6.10 Å². The van der Waals surface area contributed by atoms with Crippen molar-refractivity contribution >= 4 is 5.91 Å². The van der Waals surface area contributed by atoms with Crippen LogP contribution in [-0.4, -0.2) is 17.6 Å². The molecular formula is C18H21NO3. The number of rotatable bonds is 6. The third-order valence-electron chi connectivity index (χ3n) is 3.45. The maximum atomic E-state index is 11.8. The summed E-state index contributed by atoms with van der Waals surface area (Å²) in [7, 11) is 0. The van der Waals surface area contributed by atoms with Gasteiger partial charge in [0, 0.05) is 6.54 Å². The molecule has 2 aromatic carbocycles. The van der Waals surface area contributed by atoms with Gasteiger partial charge in [-0.3, -0.25) is 4.79 Å². The second-order valence-electron chi connectivity index (χ2n) is 5.24. The SMILES string of the molecule is Cc1ccccc1CNC(=O)COc1cccc(C(C)O)c1. The molecule has 0 aromatic heterocycles. The van der Waals surface area contributed by atoms with E-state index in [-0.39, 0.29) is 12.5 Å². The largest absolute Gasteiger partial charge is 0.484 e. The van der Waals surface area contributed by atoms with E-state index in [2.05, 4.69) is 5.32 Å². The van der Waals surface area contributed by atoms with Gasteiger partial charge < -0.3 is 15.2 Å². The van der Waals surface area contributed by atoms with Crippen LogP contribution in [0.4, 0.5) is 0 Å². The van der Waals surface area contributed by atoms with Gasteiger partial charge in [-0.1, -0.05) is 36.4 Å². The van der Waals surface area contributed by atoms with Crippen LogP contribution in [0.1, 0.15) is 29.7 Å². The highest BCUT2D eigenvalue weighted by Crippen LogP contribution is 2.18. The first-order valence-corrected chi connectivity index (χ1v) is 7.28. The summed E-state index contributed by atoms with van der Waals surface area (Å²) in [4.78, 5) is 11.8. The molecule has 0 heterocycles. The predicted molar refractivity (Wildman–Crippen MR) is 85.6 cm³/mol. The van der Waals surface area contributed by atoms with E-state index in [1.807, 2.05) is 37.3 Å². The van der Waals surface area contributed by atoms with Gasteiger partial charge in [0.25, 0.3) is 5.91 Å². The highest BCUT2D eigenvalue weighted by Gasteiger charge is 2.06. The van der Waals surface area contributed by atoms with Crippen LogP contribution in [0.25, 0.3) is 0 Å². The zero-order valence-electron chi connectivity index (χ0n) is 12.9.